The van der Waals surface area contributed by atoms with Crippen LogP contribution in [0.4, 0.5) is 5.69 Å². The van der Waals surface area contributed by atoms with Crippen molar-refractivity contribution in [3.63, 3.8) is 0 Å². The van der Waals surface area contributed by atoms with Crippen molar-refractivity contribution >= 4 is 21.4 Å². The van der Waals surface area contributed by atoms with Crippen molar-refractivity contribution in [1.29, 1.82) is 5.26 Å². The van der Waals surface area contributed by atoms with Gasteiger partial charge >= 0.3 is 0 Å². The smallest absolute Gasteiger partial charge is 0.232 e. The maximum atomic E-state index is 12.3. The maximum Gasteiger partial charge on any atom is 0.232 e. The van der Waals surface area contributed by atoms with Crippen molar-refractivity contribution in [2.24, 2.45) is 0 Å². The highest BCUT2D eigenvalue weighted by molar-refractivity contribution is 7.92. The zero-order valence-corrected chi connectivity index (χ0v) is 15.9. The van der Waals surface area contributed by atoms with E-state index in [4.69, 9.17) is 5.26 Å². The van der Waals surface area contributed by atoms with Crippen LogP contribution in [0.2, 0.25) is 0 Å². The molecule has 0 amide bonds. The molecule has 0 aliphatic rings. The minimum atomic E-state index is -3.38. The monoisotopic (exact) mass is 383 g/mol. The molecule has 0 spiro atoms. The van der Waals surface area contributed by atoms with Crippen LogP contribution in [-0.4, -0.2) is 28.8 Å². The fourth-order valence-electron chi connectivity index (χ4n) is 2.88. The van der Waals surface area contributed by atoms with Crippen LogP contribution in [-0.2, 0) is 10.0 Å². The first-order valence-corrected chi connectivity index (χ1v) is 10.5. The van der Waals surface area contributed by atoms with Gasteiger partial charge in [0, 0.05) is 17.4 Å². The number of aromatic nitrogens is 3. The Balaban J connectivity index is 1.85. The molecule has 0 aliphatic carbocycles. The number of sulfonamides is 1. The number of nitrogens with zero attached hydrogens (tertiary/aromatic N) is 4. The molecule has 3 aromatic rings. The minimum absolute atomic E-state index is 0.113. The Bertz CT molecular complexity index is 1080. The number of nitriles is 1. The van der Waals surface area contributed by atoms with Crippen molar-refractivity contribution < 1.29 is 8.42 Å². The number of anilines is 1. The van der Waals surface area contributed by atoms with E-state index < -0.39 is 10.0 Å². The van der Waals surface area contributed by atoms with E-state index in [0.29, 0.717) is 23.3 Å². The maximum absolute atomic E-state index is 12.3. The number of rotatable bonds is 8. The van der Waals surface area contributed by atoms with Crippen molar-refractivity contribution in [3.05, 3.63) is 48.3 Å². The summed E-state index contributed by atoms with van der Waals surface area (Å²) in [5.74, 6) is 0.113. The Morgan fingerprint density at radius 3 is 2.85 bits per heavy atom. The van der Waals surface area contributed by atoms with Crippen LogP contribution in [0.25, 0.3) is 16.9 Å². The van der Waals surface area contributed by atoms with E-state index in [-0.39, 0.29) is 5.75 Å². The molecule has 7 nitrogen and oxygen atoms in total. The molecule has 2 aromatic heterocycles. The van der Waals surface area contributed by atoms with Crippen LogP contribution in [0.5, 0.6) is 0 Å². The first kappa shape index (κ1) is 18.9. The minimum Gasteiger partial charge on any atom is -0.284 e. The highest BCUT2D eigenvalue weighted by Crippen LogP contribution is 2.24. The van der Waals surface area contributed by atoms with Crippen molar-refractivity contribution in [2.45, 2.75) is 32.6 Å². The summed E-state index contributed by atoms with van der Waals surface area (Å²) < 4.78 is 28.8. The summed E-state index contributed by atoms with van der Waals surface area (Å²) >= 11 is 0. The zero-order chi connectivity index (χ0) is 19.3. The van der Waals surface area contributed by atoms with Gasteiger partial charge in [0.15, 0.2) is 5.65 Å². The summed E-state index contributed by atoms with van der Waals surface area (Å²) in [5, 5.41) is 13.4. The highest BCUT2D eigenvalue weighted by atomic mass is 32.2. The SMILES string of the molecule is CCCCCCS(=O)(=O)Nc1cccc(-c2ccnc3c(C#N)cnn23)c1. The summed E-state index contributed by atoms with van der Waals surface area (Å²) in [4.78, 5) is 4.20. The summed E-state index contributed by atoms with van der Waals surface area (Å²) in [7, 11) is -3.38. The topological polar surface area (TPSA) is 100 Å². The second kappa shape index (κ2) is 8.18. The van der Waals surface area contributed by atoms with Gasteiger partial charge in [0.1, 0.15) is 11.6 Å². The third-order valence-electron chi connectivity index (χ3n) is 4.22. The third-order valence-corrected chi connectivity index (χ3v) is 5.59. The van der Waals surface area contributed by atoms with Crippen LogP contribution in [0, 0.1) is 11.3 Å². The number of hydrogen-bond acceptors (Lipinski definition) is 5. The molecule has 2 heterocycles. The lowest BCUT2D eigenvalue weighted by Gasteiger charge is -2.10. The molecule has 0 aliphatic heterocycles. The first-order valence-electron chi connectivity index (χ1n) is 8.88. The number of fused-ring (bicyclic) bond motifs is 1. The molecule has 0 fully saturated rings. The predicted molar refractivity (Wildman–Crippen MR) is 105 cm³/mol. The first-order chi connectivity index (χ1) is 13.0. The molecule has 0 bridgehead atoms. The lowest BCUT2D eigenvalue weighted by Crippen LogP contribution is -2.16. The summed E-state index contributed by atoms with van der Waals surface area (Å²) in [6, 6.07) is 11.0. The van der Waals surface area contributed by atoms with Crippen LogP contribution in [0.1, 0.15) is 38.2 Å². The van der Waals surface area contributed by atoms with Gasteiger partial charge in [-0.05, 0) is 24.6 Å². The molecular formula is C19H21N5O2S. The van der Waals surface area contributed by atoms with E-state index in [1.807, 2.05) is 6.07 Å². The van der Waals surface area contributed by atoms with E-state index in [1.54, 1.807) is 35.0 Å². The summed E-state index contributed by atoms with van der Waals surface area (Å²) in [6.07, 6.45) is 6.74. The van der Waals surface area contributed by atoms with Crippen LogP contribution < -0.4 is 4.72 Å². The molecule has 3 rings (SSSR count). The van der Waals surface area contributed by atoms with Gasteiger partial charge in [-0.15, -0.1) is 0 Å². The van der Waals surface area contributed by atoms with E-state index in [2.05, 4.69) is 27.8 Å². The molecule has 0 atom stereocenters. The largest absolute Gasteiger partial charge is 0.284 e. The Labute approximate surface area is 158 Å². The van der Waals surface area contributed by atoms with Gasteiger partial charge in [0.25, 0.3) is 0 Å². The Morgan fingerprint density at radius 1 is 1.22 bits per heavy atom. The molecule has 1 aromatic carbocycles. The predicted octanol–water partition coefficient (Wildman–Crippen LogP) is 3.59. The Kier molecular flexibility index (Phi) is 5.72. The zero-order valence-electron chi connectivity index (χ0n) is 15.1. The van der Waals surface area contributed by atoms with Gasteiger partial charge < -0.3 is 0 Å². The molecule has 27 heavy (non-hydrogen) atoms. The highest BCUT2D eigenvalue weighted by Gasteiger charge is 2.13. The van der Waals surface area contributed by atoms with Gasteiger partial charge in [-0.1, -0.05) is 38.3 Å². The number of nitrogens with one attached hydrogen (secondary N) is 1. The van der Waals surface area contributed by atoms with E-state index in [0.717, 1.165) is 30.5 Å². The quantitative estimate of drug-likeness (QED) is 0.599. The molecular weight excluding hydrogens is 362 g/mol. The van der Waals surface area contributed by atoms with E-state index in [9.17, 15) is 8.42 Å². The number of benzene rings is 1. The lowest BCUT2D eigenvalue weighted by molar-refractivity contribution is 0.594. The van der Waals surface area contributed by atoms with Gasteiger partial charge in [-0.3, -0.25) is 4.72 Å². The fraction of sp³-hybridized carbons (Fsp3) is 0.316. The fourth-order valence-corrected chi connectivity index (χ4v) is 4.05. The third kappa shape index (κ3) is 4.44. The molecule has 1 N–H and O–H groups in total. The van der Waals surface area contributed by atoms with E-state index in [1.165, 1.54) is 6.20 Å². The van der Waals surface area contributed by atoms with Crippen molar-refractivity contribution in [1.82, 2.24) is 14.6 Å². The van der Waals surface area contributed by atoms with Gasteiger partial charge in [-0.2, -0.15) is 10.4 Å². The van der Waals surface area contributed by atoms with Crippen LogP contribution >= 0.6 is 0 Å². The van der Waals surface area contributed by atoms with Crippen molar-refractivity contribution in [3.8, 4) is 17.3 Å². The van der Waals surface area contributed by atoms with Gasteiger partial charge in [0.2, 0.25) is 10.0 Å². The van der Waals surface area contributed by atoms with Crippen LogP contribution in [0.3, 0.4) is 0 Å². The Hall–Kier alpha value is -2.92. The molecule has 8 heteroatoms. The standard InChI is InChI=1S/C19H21N5O2S/c1-2-3-4-5-11-27(25,26)23-17-8-6-7-15(12-17)18-9-10-21-19-16(13-20)14-22-24(18)19/h6-10,12,14,23H,2-5,11H2,1H3. The molecule has 0 radical (unpaired) electrons. The van der Waals surface area contributed by atoms with Gasteiger partial charge in [0.05, 0.1) is 17.6 Å². The molecule has 0 unspecified atom stereocenters. The second-order valence-corrected chi connectivity index (χ2v) is 8.14. The van der Waals surface area contributed by atoms with Crippen LogP contribution in [0.15, 0.2) is 42.7 Å². The van der Waals surface area contributed by atoms with Gasteiger partial charge in [-0.25, -0.2) is 17.9 Å². The summed E-state index contributed by atoms with van der Waals surface area (Å²) in [5.41, 5.74) is 2.87. The Morgan fingerprint density at radius 2 is 2.07 bits per heavy atom. The molecule has 140 valence electrons. The molecule has 0 saturated carbocycles. The average Bonchev–Trinajstić information content (AvgIpc) is 3.08. The molecule has 0 saturated heterocycles. The normalized spacial score (nSPS) is 11.4. The lowest BCUT2D eigenvalue weighted by atomic mass is 10.1. The number of hydrogen-bond donors (Lipinski definition) is 1. The average molecular weight is 383 g/mol. The van der Waals surface area contributed by atoms with Crippen molar-refractivity contribution in [2.75, 3.05) is 10.5 Å². The number of unbranched alkanes of at least 4 members (excludes halogenated alkanes) is 3. The second-order valence-electron chi connectivity index (χ2n) is 6.30. The summed E-state index contributed by atoms with van der Waals surface area (Å²) in [6.45, 7) is 2.09. The van der Waals surface area contributed by atoms with E-state index >= 15 is 0 Å².